The molecule has 3 aromatic rings. The van der Waals surface area contributed by atoms with Gasteiger partial charge in [0.05, 0.1) is 19.8 Å². The van der Waals surface area contributed by atoms with Crippen LogP contribution in [0, 0.1) is 12.3 Å². The number of hydrogen-bond acceptors (Lipinski definition) is 7. The van der Waals surface area contributed by atoms with Crippen molar-refractivity contribution in [2.75, 3.05) is 20.8 Å². The van der Waals surface area contributed by atoms with E-state index in [0.717, 1.165) is 11.8 Å². The topological polar surface area (TPSA) is 107 Å². The number of carboxylic acid groups (broad SMARTS) is 1. The summed E-state index contributed by atoms with van der Waals surface area (Å²) < 4.78 is 16.0. The normalized spacial score (nSPS) is 11.0. The fourth-order valence-electron chi connectivity index (χ4n) is 2.67. The third kappa shape index (κ3) is 5.55. The molecule has 0 saturated carbocycles. The van der Waals surface area contributed by atoms with Crippen molar-refractivity contribution in [3.63, 3.8) is 0 Å². The lowest BCUT2D eigenvalue weighted by Gasteiger charge is -2.09. The molecule has 0 amide bonds. The Bertz CT molecular complexity index is 1200. The number of aromatic nitrogens is 3. The van der Waals surface area contributed by atoms with Gasteiger partial charge in [0.15, 0.2) is 17.3 Å². The van der Waals surface area contributed by atoms with E-state index < -0.39 is 5.97 Å². The molecule has 2 aromatic carbocycles. The van der Waals surface area contributed by atoms with Crippen LogP contribution in [-0.4, -0.2) is 47.1 Å². The highest BCUT2D eigenvalue weighted by Gasteiger charge is 2.17. The van der Waals surface area contributed by atoms with Gasteiger partial charge in [0, 0.05) is 5.02 Å². The number of H-pyrrole nitrogens is 1. The average molecular weight is 472 g/mol. The molecule has 0 unspecified atom stereocenters. The van der Waals surface area contributed by atoms with Gasteiger partial charge in [-0.25, -0.2) is 9.78 Å². The van der Waals surface area contributed by atoms with Gasteiger partial charge in [0.25, 0.3) is 0 Å². The molecular formula is C22H18ClN3O5S. The molecule has 10 heteroatoms. The van der Waals surface area contributed by atoms with Gasteiger partial charge >= 0.3 is 5.97 Å². The smallest absolute Gasteiger partial charge is 0.342 e. The number of methoxy groups -OCH3 is 2. The molecular weight excluding hydrogens is 454 g/mol. The monoisotopic (exact) mass is 471 g/mol. The molecule has 0 saturated heterocycles. The first-order valence-corrected chi connectivity index (χ1v) is 10.3. The van der Waals surface area contributed by atoms with E-state index in [1.807, 2.05) is 0 Å². The number of ether oxygens (including phenoxy) is 3. The van der Waals surface area contributed by atoms with E-state index in [4.69, 9.17) is 32.2 Å². The molecule has 0 aliphatic carbocycles. The zero-order valence-corrected chi connectivity index (χ0v) is 18.7. The third-order valence-corrected chi connectivity index (χ3v) is 5.20. The zero-order chi connectivity index (χ0) is 23.1. The van der Waals surface area contributed by atoms with Gasteiger partial charge in [-0.1, -0.05) is 23.6 Å². The van der Waals surface area contributed by atoms with Gasteiger partial charge in [0.1, 0.15) is 17.3 Å². The van der Waals surface area contributed by atoms with Crippen LogP contribution >= 0.6 is 23.4 Å². The van der Waals surface area contributed by atoms with Gasteiger partial charge in [0.2, 0.25) is 5.16 Å². The van der Waals surface area contributed by atoms with Gasteiger partial charge < -0.3 is 19.3 Å². The molecule has 0 atom stereocenters. The first-order valence-electron chi connectivity index (χ1n) is 9.08. The molecule has 0 fully saturated rings. The van der Waals surface area contributed by atoms with Crippen LogP contribution < -0.4 is 14.2 Å². The summed E-state index contributed by atoms with van der Waals surface area (Å²) in [5, 5.41) is 17.3. The number of thioether (sulfide) groups is 1. The lowest BCUT2D eigenvalue weighted by atomic mass is 10.2. The maximum Gasteiger partial charge on any atom is 0.342 e. The van der Waals surface area contributed by atoms with Crippen LogP contribution in [0.4, 0.5) is 0 Å². The molecule has 2 N–H and O–H groups in total. The number of aromatic amines is 1. The molecule has 1 aromatic heterocycles. The number of halogens is 1. The number of carboxylic acids is 1. The second kappa shape index (κ2) is 10.6. The Kier molecular flexibility index (Phi) is 7.65. The number of nitrogens with zero attached hydrogens (tertiary/aromatic N) is 2. The van der Waals surface area contributed by atoms with Crippen molar-refractivity contribution in [2.24, 2.45) is 0 Å². The molecule has 3 rings (SSSR count). The van der Waals surface area contributed by atoms with Crippen LogP contribution in [0.25, 0.3) is 17.5 Å². The zero-order valence-electron chi connectivity index (χ0n) is 17.1. The number of benzene rings is 2. The molecule has 0 bridgehead atoms. The standard InChI is InChI=1S/C22H18ClN3O5S/c1-4-9-31-17-7-5-13(10-18(17)30-3)11-19(21(27)28)32-22-24-20(25-26-22)15-12-14(23)6-8-16(15)29-2/h1,5-8,10-12H,9H2,2-3H3,(H,27,28)(H,24,25,26)/b19-11-. The number of terminal acetylenes is 1. The first kappa shape index (κ1) is 23.1. The Hall–Kier alpha value is -3.61. The summed E-state index contributed by atoms with van der Waals surface area (Å²) in [7, 11) is 3.01. The van der Waals surface area contributed by atoms with E-state index in [0.29, 0.717) is 39.2 Å². The molecule has 0 radical (unpaired) electrons. The lowest BCUT2D eigenvalue weighted by Crippen LogP contribution is -1.99. The molecule has 0 aliphatic rings. The Labute approximate surface area is 193 Å². The summed E-state index contributed by atoms with van der Waals surface area (Å²) >= 11 is 6.96. The molecule has 8 nitrogen and oxygen atoms in total. The minimum atomic E-state index is -1.13. The fraction of sp³-hybridized carbons (Fsp3) is 0.136. The summed E-state index contributed by atoms with van der Waals surface area (Å²) in [5.74, 6) is 3.08. The summed E-state index contributed by atoms with van der Waals surface area (Å²) in [6.45, 7) is 0.0896. The Morgan fingerprint density at radius 1 is 1.22 bits per heavy atom. The Morgan fingerprint density at radius 2 is 1.97 bits per heavy atom. The van der Waals surface area contributed by atoms with Crippen molar-refractivity contribution in [1.82, 2.24) is 15.2 Å². The highest BCUT2D eigenvalue weighted by Crippen LogP contribution is 2.34. The van der Waals surface area contributed by atoms with E-state index in [9.17, 15) is 9.90 Å². The number of rotatable bonds is 9. The van der Waals surface area contributed by atoms with E-state index in [1.54, 1.807) is 36.4 Å². The van der Waals surface area contributed by atoms with Crippen molar-refractivity contribution >= 4 is 35.4 Å². The van der Waals surface area contributed by atoms with Gasteiger partial charge in [-0.15, -0.1) is 11.5 Å². The van der Waals surface area contributed by atoms with Gasteiger partial charge in [-0.3, -0.25) is 5.10 Å². The second-order valence-corrected chi connectivity index (χ2v) is 7.58. The van der Waals surface area contributed by atoms with E-state index in [1.165, 1.54) is 20.3 Å². The molecule has 0 spiro atoms. The minimum absolute atomic E-state index is 0.00737. The lowest BCUT2D eigenvalue weighted by molar-refractivity contribution is -0.131. The fourth-order valence-corrected chi connectivity index (χ4v) is 3.55. The molecule has 0 aliphatic heterocycles. The van der Waals surface area contributed by atoms with Crippen LogP contribution in [0.5, 0.6) is 17.2 Å². The first-order chi connectivity index (χ1) is 15.4. The van der Waals surface area contributed by atoms with E-state index >= 15 is 0 Å². The number of aliphatic carboxylic acids is 1. The predicted molar refractivity (Wildman–Crippen MR) is 122 cm³/mol. The van der Waals surface area contributed by atoms with Crippen LogP contribution in [0.2, 0.25) is 5.02 Å². The van der Waals surface area contributed by atoms with E-state index in [2.05, 4.69) is 21.1 Å². The Balaban J connectivity index is 1.87. The third-order valence-electron chi connectivity index (χ3n) is 4.09. The summed E-state index contributed by atoms with van der Waals surface area (Å²) in [6, 6.07) is 10.1. The average Bonchev–Trinajstić information content (AvgIpc) is 3.26. The predicted octanol–water partition coefficient (Wildman–Crippen LogP) is 4.37. The highest BCUT2D eigenvalue weighted by atomic mass is 35.5. The van der Waals surface area contributed by atoms with Crippen LogP contribution in [-0.2, 0) is 4.79 Å². The number of hydrogen-bond donors (Lipinski definition) is 2. The van der Waals surface area contributed by atoms with Crippen molar-refractivity contribution in [3.05, 3.63) is 51.9 Å². The summed E-state index contributed by atoms with van der Waals surface area (Å²) in [6.07, 6.45) is 6.69. The summed E-state index contributed by atoms with van der Waals surface area (Å²) in [4.78, 5) is 16.2. The maximum atomic E-state index is 11.8. The summed E-state index contributed by atoms with van der Waals surface area (Å²) in [5.41, 5.74) is 1.19. The van der Waals surface area contributed by atoms with Gasteiger partial charge in [-0.05, 0) is 53.7 Å². The molecule has 1 heterocycles. The number of carbonyl (C=O) groups is 1. The second-order valence-electron chi connectivity index (χ2n) is 6.13. The minimum Gasteiger partial charge on any atom is -0.496 e. The van der Waals surface area contributed by atoms with Crippen LogP contribution in [0.1, 0.15) is 5.56 Å². The van der Waals surface area contributed by atoms with Gasteiger partial charge in [-0.2, -0.15) is 0 Å². The highest BCUT2D eigenvalue weighted by molar-refractivity contribution is 8.04. The van der Waals surface area contributed by atoms with Crippen LogP contribution in [0.15, 0.2) is 46.5 Å². The van der Waals surface area contributed by atoms with Crippen molar-refractivity contribution in [1.29, 1.82) is 0 Å². The quantitative estimate of drug-likeness (QED) is 0.269. The molecule has 32 heavy (non-hydrogen) atoms. The van der Waals surface area contributed by atoms with Crippen LogP contribution in [0.3, 0.4) is 0 Å². The maximum absolute atomic E-state index is 11.8. The SMILES string of the molecule is C#CCOc1ccc(/C=C(\Sc2n[nH]c(-c3cc(Cl)ccc3OC)n2)C(=O)O)cc1OC. The van der Waals surface area contributed by atoms with Crippen molar-refractivity contribution < 1.29 is 24.1 Å². The Morgan fingerprint density at radius 3 is 2.66 bits per heavy atom. The van der Waals surface area contributed by atoms with Crippen molar-refractivity contribution in [2.45, 2.75) is 5.16 Å². The number of nitrogens with one attached hydrogen (secondary N) is 1. The largest absolute Gasteiger partial charge is 0.496 e. The molecule has 164 valence electrons. The van der Waals surface area contributed by atoms with E-state index in [-0.39, 0.29) is 16.7 Å². The van der Waals surface area contributed by atoms with Crippen molar-refractivity contribution in [3.8, 4) is 41.0 Å².